The van der Waals surface area contributed by atoms with E-state index in [2.05, 4.69) is 91.3 Å². The predicted molar refractivity (Wildman–Crippen MR) is 226 cm³/mol. The lowest BCUT2D eigenvalue weighted by atomic mass is 10.1. The van der Waals surface area contributed by atoms with Gasteiger partial charge in [0, 0.05) is 12.8 Å². The Morgan fingerprint density at radius 1 is 0.571 bits per heavy atom. The molecular weight excluding hydrogens is 733 g/mol. The van der Waals surface area contributed by atoms with Crippen molar-refractivity contribution in [3.05, 3.63) is 85.1 Å². The number of hydrogen-bond acceptors (Lipinski definition) is 9. The molecule has 0 aromatic carbocycles. The molecule has 0 aliphatic heterocycles. The molecule has 0 amide bonds. The Morgan fingerprint density at radius 3 is 1.55 bits per heavy atom. The molecule has 0 aromatic heterocycles. The Hall–Kier alpha value is -3.34. The molecular formula is C44H72NO10P. The molecule has 3 atom stereocenters. The second-order valence-corrected chi connectivity index (χ2v) is 14.8. The molecule has 318 valence electrons. The lowest BCUT2D eigenvalue weighted by Crippen LogP contribution is -2.34. The Bertz CT molecular complexity index is 1270. The first kappa shape index (κ1) is 52.7. The maximum absolute atomic E-state index is 12.6. The van der Waals surface area contributed by atoms with Gasteiger partial charge in [0.2, 0.25) is 0 Å². The minimum Gasteiger partial charge on any atom is -0.480 e. The predicted octanol–water partition coefficient (Wildman–Crippen LogP) is 10.7. The van der Waals surface area contributed by atoms with Gasteiger partial charge in [0.05, 0.1) is 13.2 Å². The molecule has 0 bridgehead atoms. The van der Waals surface area contributed by atoms with Crippen molar-refractivity contribution in [3.8, 4) is 0 Å². The molecule has 11 nitrogen and oxygen atoms in total. The van der Waals surface area contributed by atoms with Crippen molar-refractivity contribution in [1.82, 2.24) is 0 Å². The third-order valence-corrected chi connectivity index (χ3v) is 9.08. The maximum atomic E-state index is 12.6. The number of phosphoric acid groups is 1. The second-order valence-electron chi connectivity index (χ2n) is 13.4. The first-order chi connectivity index (χ1) is 27.1. The molecule has 0 heterocycles. The lowest BCUT2D eigenvalue weighted by Gasteiger charge is -2.20. The van der Waals surface area contributed by atoms with Crippen LogP contribution in [0.3, 0.4) is 0 Å². The van der Waals surface area contributed by atoms with Crippen molar-refractivity contribution < 1.29 is 47.5 Å². The van der Waals surface area contributed by atoms with Crippen LogP contribution in [0.1, 0.15) is 142 Å². The average Bonchev–Trinajstić information content (AvgIpc) is 3.17. The molecule has 0 saturated heterocycles. The van der Waals surface area contributed by atoms with Crippen molar-refractivity contribution in [3.63, 3.8) is 0 Å². The number of phosphoric ester groups is 1. The number of allylic oxidation sites excluding steroid dienone is 14. The fourth-order valence-corrected chi connectivity index (χ4v) is 5.67. The van der Waals surface area contributed by atoms with E-state index >= 15 is 0 Å². The number of hydrogen-bond donors (Lipinski definition) is 3. The smallest absolute Gasteiger partial charge is 0.472 e. The summed E-state index contributed by atoms with van der Waals surface area (Å²) < 4.78 is 32.6. The van der Waals surface area contributed by atoms with Crippen molar-refractivity contribution in [2.75, 3.05) is 19.8 Å². The standard InChI is InChI=1S/C44H72NO10P/c1-3-5-7-9-11-13-15-17-19-20-22-24-26-28-30-32-34-36-43(47)55-40(38-53-56(50,51)54-39-41(45)44(48)49)37-52-42(46)35-33-31-29-27-25-23-21-18-16-14-12-10-8-6-4-2/h6,8,11-14,17-19,21-22,24,28,30,40-41H,3-5,7,9-10,15-16,20,23,25-27,29,31-39,45H2,1-2H3,(H,48,49)(H,50,51)/b8-6+,13-11+,14-12+,19-17+,21-18+,24-22+,30-28+/t40-,41+/m1/s1. The van der Waals surface area contributed by atoms with Gasteiger partial charge in [-0.25, -0.2) is 4.57 Å². The molecule has 0 aromatic rings. The van der Waals surface area contributed by atoms with E-state index in [4.69, 9.17) is 24.8 Å². The van der Waals surface area contributed by atoms with Gasteiger partial charge in [-0.15, -0.1) is 0 Å². The normalized spacial score (nSPS) is 14.6. The number of esters is 2. The average molecular weight is 806 g/mol. The second kappa shape index (κ2) is 38.5. The number of carboxylic acid groups (broad SMARTS) is 1. The molecule has 0 aliphatic rings. The summed E-state index contributed by atoms with van der Waals surface area (Å²) in [5.74, 6) is -2.49. The largest absolute Gasteiger partial charge is 0.480 e. The lowest BCUT2D eigenvalue weighted by molar-refractivity contribution is -0.161. The van der Waals surface area contributed by atoms with Gasteiger partial charge in [-0.3, -0.25) is 23.4 Å². The highest BCUT2D eigenvalue weighted by molar-refractivity contribution is 7.47. The van der Waals surface area contributed by atoms with Crippen molar-refractivity contribution >= 4 is 25.7 Å². The van der Waals surface area contributed by atoms with Crippen LogP contribution in [0.5, 0.6) is 0 Å². The number of unbranched alkanes of at least 4 members (excludes halogenated alkanes) is 9. The van der Waals surface area contributed by atoms with Crippen LogP contribution in [0.15, 0.2) is 85.1 Å². The van der Waals surface area contributed by atoms with E-state index in [1.165, 1.54) is 19.3 Å². The Labute approximate surface area is 337 Å². The van der Waals surface area contributed by atoms with Crippen molar-refractivity contribution in [2.45, 2.75) is 154 Å². The molecule has 0 rings (SSSR count). The topological polar surface area (TPSA) is 172 Å². The van der Waals surface area contributed by atoms with Gasteiger partial charge in [-0.2, -0.15) is 0 Å². The number of carbonyl (C=O) groups is 3. The molecule has 56 heavy (non-hydrogen) atoms. The highest BCUT2D eigenvalue weighted by Crippen LogP contribution is 2.43. The summed E-state index contributed by atoms with van der Waals surface area (Å²) in [6.45, 7) is 2.56. The van der Waals surface area contributed by atoms with E-state index in [0.717, 1.165) is 77.0 Å². The fraction of sp³-hybridized carbons (Fsp3) is 0.614. The summed E-state index contributed by atoms with van der Waals surface area (Å²) in [4.78, 5) is 45.9. The molecule has 0 aliphatic carbocycles. The van der Waals surface area contributed by atoms with E-state index in [1.54, 1.807) is 0 Å². The molecule has 1 unspecified atom stereocenters. The van der Waals surface area contributed by atoms with E-state index in [1.807, 2.05) is 12.2 Å². The van der Waals surface area contributed by atoms with Gasteiger partial charge >= 0.3 is 25.7 Å². The monoisotopic (exact) mass is 805 g/mol. The molecule has 0 saturated carbocycles. The van der Waals surface area contributed by atoms with Gasteiger partial charge < -0.3 is 25.2 Å². The van der Waals surface area contributed by atoms with E-state index in [9.17, 15) is 23.8 Å². The summed E-state index contributed by atoms with van der Waals surface area (Å²) in [5.41, 5.74) is 5.32. The Morgan fingerprint density at radius 2 is 1.02 bits per heavy atom. The van der Waals surface area contributed by atoms with E-state index in [0.29, 0.717) is 19.3 Å². The number of carbonyl (C=O) groups excluding carboxylic acids is 2. The molecule has 0 fully saturated rings. The first-order valence-corrected chi connectivity index (χ1v) is 22.1. The van der Waals surface area contributed by atoms with Crippen LogP contribution >= 0.6 is 7.82 Å². The zero-order chi connectivity index (χ0) is 41.4. The number of carboxylic acids is 1. The number of ether oxygens (including phenoxy) is 2. The zero-order valence-electron chi connectivity index (χ0n) is 34.2. The first-order valence-electron chi connectivity index (χ1n) is 20.6. The summed E-state index contributed by atoms with van der Waals surface area (Å²) in [6, 6.07) is -1.54. The van der Waals surface area contributed by atoms with E-state index in [-0.39, 0.29) is 19.4 Å². The highest BCUT2D eigenvalue weighted by atomic mass is 31.2. The van der Waals surface area contributed by atoms with Crippen LogP contribution in [0.2, 0.25) is 0 Å². The Kier molecular flexibility index (Phi) is 36.2. The number of rotatable bonds is 37. The quantitative estimate of drug-likeness (QED) is 0.0236. The minimum atomic E-state index is -4.74. The summed E-state index contributed by atoms with van der Waals surface area (Å²) in [5, 5.41) is 8.88. The number of aliphatic carboxylic acids is 1. The van der Waals surface area contributed by atoms with Crippen LogP contribution in [-0.2, 0) is 37.5 Å². The summed E-state index contributed by atoms with van der Waals surface area (Å²) in [6.07, 6.45) is 46.6. The number of nitrogens with two attached hydrogens (primary N) is 1. The van der Waals surface area contributed by atoms with Gasteiger partial charge in [0.1, 0.15) is 12.6 Å². The van der Waals surface area contributed by atoms with Crippen LogP contribution in [0.4, 0.5) is 0 Å². The molecule has 0 radical (unpaired) electrons. The molecule has 12 heteroatoms. The molecule has 4 N–H and O–H groups in total. The van der Waals surface area contributed by atoms with Crippen molar-refractivity contribution in [2.24, 2.45) is 5.73 Å². The van der Waals surface area contributed by atoms with Crippen LogP contribution in [-0.4, -0.2) is 59.9 Å². The Balaban J connectivity index is 4.55. The minimum absolute atomic E-state index is 0.0764. The third-order valence-electron chi connectivity index (χ3n) is 8.13. The van der Waals surface area contributed by atoms with Crippen molar-refractivity contribution in [1.29, 1.82) is 0 Å². The zero-order valence-corrected chi connectivity index (χ0v) is 35.1. The third kappa shape index (κ3) is 37.6. The summed E-state index contributed by atoms with van der Waals surface area (Å²) >= 11 is 0. The van der Waals surface area contributed by atoms with Gasteiger partial charge in [-0.1, -0.05) is 131 Å². The van der Waals surface area contributed by atoms with Gasteiger partial charge in [0.15, 0.2) is 6.10 Å². The van der Waals surface area contributed by atoms with Crippen LogP contribution in [0.25, 0.3) is 0 Å². The van der Waals surface area contributed by atoms with Gasteiger partial charge in [-0.05, 0) is 83.5 Å². The highest BCUT2D eigenvalue weighted by Gasteiger charge is 2.28. The maximum Gasteiger partial charge on any atom is 0.472 e. The summed E-state index contributed by atoms with van der Waals surface area (Å²) in [7, 11) is -4.74. The fourth-order valence-electron chi connectivity index (χ4n) is 4.89. The SMILES string of the molecule is CC/C=C/C/C=C/C/C=C/CCCCCCCC(=O)OC[C@H](COP(=O)(O)OC[C@H](N)C(=O)O)OC(=O)CCC/C=C/C/C=C/C/C=C/C/C=C/CCCCC. The molecule has 0 spiro atoms. The van der Waals surface area contributed by atoms with E-state index < -0.39 is 51.1 Å². The van der Waals surface area contributed by atoms with Crippen LogP contribution < -0.4 is 5.73 Å². The van der Waals surface area contributed by atoms with Crippen LogP contribution in [0, 0.1) is 0 Å². The van der Waals surface area contributed by atoms with Gasteiger partial charge in [0.25, 0.3) is 0 Å².